The van der Waals surface area contributed by atoms with Crippen LogP contribution in [0, 0.1) is 47.4 Å². The Morgan fingerprint density at radius 3 is 1.39 bits per heavy atom. The number of ether oxygens (including phenoxy) is 4. The zero-order valence-corrected chi connectivity index (χ0v) is 29.5. The molecule has 6 heteroatoms. The second-order valence-electron chi connectivity index (χ2n) is 12.3. The van der Waals surface area contributed by atoms with Gasteiger partial charge in [-0.25, -0.2) is 9.59 Å². The first-order valence-corrected chi connectivity index (χ1v) is 17.5. The van der Waals surface area contributed by atoms with Crippen LogP contribution in [-0.4, -0.2) is 42.1 Å². The Morgan fingerprint density at radius 2 is 1.00 bits per heavy atom. The normalized spacial score (nSPS) is 16.9. The number of hydrogen-bond acceptors (Lipinski definition) is 6. The largest absolute Gasteiger partial charge is 0.455 e. The number of esters is 2. The van der Waals surface area contributed by atoms with Crippen LogP contribution in [0.1, 0.15) is 125 Å². The second-order valence-corrected chi connectivity index (χ2v) is 12.3. The molecule has 0 radical (unpaired) electrons. The van der Waals surface area contributed by atoms with Crippen molar-refractivity contribution in [2.24, 2.45) is 0 Å². The second kappa shape index (κ2) is 22.2. The van der Waals surface area contributed by atoms with Crippen molar-refractivity contribution in [2.45, 2.75) is 135 Å². The lowest BCUT2D eigenvalue weighted by atomic mass is 9.98. The summed E-state index contributed by atoms with van der Waals surface area (Å²) >= 11 is 0. The van der Waals surface area contributed by atoms with E-state index in [-0.39, 0.29) is 12.8 Å². The Kier molecular flexibility index (Phi) is 17.7. The van der Waals surface area contributed by atoms with E-state index < -0.39 is 42.1 Å². The lowest BCUT2D eigenvalue weighted by Crippen LogP contribution is -2.45. The molecule has 258 valence electrons. The summed E-state index contributed by atoms with van der Waals surface area (Å²) < 4.78 is 24.9. The van der Waals surface area contributed by atoms with Gasteiger partial charge in [0.05, 0.1) is 24.0 Å². The van der Waals surface area contributed by atoms with Crippen LogP contribution in [0.4, 0.5) is 0 Å². The summed E-state index contributed by atoms with van der Waals surface area (Å²) in [4.78, 5) is 26.6. The highest BCUT2D eigenvalue weighted by molar-refractivity contribution is 5.90. The minimum atomic E-state index is -1.06. The van der Waals surface area contributed by atoms with E-state index in [2.05, 4.69) is 61.2 Å². The summed E-state index contributed by atoms with van der Waals surface area (Å²) in [5.41, 5.74) is 0.809. The van der Waals surface area contributed by atoms with Gasteiger partial charge in [0.2, 0.25) is 0 Å². The van der Waals surface area contributed by atoms with Gasteiger partial charge in [0.1, 0.15) is 24.4 Å². The van der Waals surface area contributed by atoms with Crippen molar-refractivity contribution in [1.82, 2.24) is 0 Å². The van der Waals surface area contributed by atoms with Crippen molar-refractivity contribution >= 4 is 11.9 Å². The number of carbonyl (C=O) groups excluding carboxylic acids is 2. The van der Waals surface area contributed by atoms with Crippen LogP contribution in [0.2, 0.25) is 0 Å². The number of hydrogen-bond donors (Lipinski definition) is 0. The third kappa shape index (κ3) is 14.7. The molecule has 1 saturated heterocycles. The maximum atomic E-state index is 13.3. The molecule has 49 heavy (non-hydrogen) atoms. The summed E-state index contributed by atoms with van der Waals surface area (Å²) in [6.45, 7) is 7.90. The highest BCUT2D eigenvalue weighted by atomic mass is 16.8. The highest BCUT2D eigenvalue weighted by Gasteiger charge is 2.50. The van der Waals surface area contributed by atoms with E-state index in [1.54, 1.807) is 62.4 Å². The lowest BCUT2D eigenvalue weighted by molar-refractivity contribution is -0.160. The van der Waals surface area contributed by atoms with Crippen molar-refractivity contribution < 1.29 is 28.5 Å². The molecule has 0 amide bonds. The van der Waals surface area contributed by atoms with Crippen LogP contribution in [0.5, 0.6) is 0 Å². The van der Waals surface area contributed by atoms with Crippen LogP contribution in [-0.2, 0) is 18.9 Å². The smallest absolute Gasteiger partial charge is 0.338 e. The van der Waals surface area contributed by atoms with Gasteiger partial charge in [0.15, 0.2) is 5.79 Å². The minimum Gasteiger partial charge on any atom is -0.455 e. The van der Waals surface area contributed by atoms with E-state index in [1.165, 1.54) is 0 Å². The van der Waals surface area contributed by atoms with E-state index in [9.17, 15) is 9.59 Å². The SMILES string of the molecule is CCCCCC#CCC#CC[C@H](OC(=O)c1ccccc1)[C@H]1OC(C)(C)O[C@@H]1[C@H](CC#CCC#CCCCCC)OC(=O)c1ccccc1. The van der Waals surface area contributed by atoms with Gasteiger partial charge in [0.25, 0.3) is 0 Å². The zero-order valence-electron chi connectivity index (χ0n) is 29.5. The third-order valence-corrected chi connectivity index (χ3v) is 7.70. The minimum absolute atomic E-state index is 0.176. The van der Waals surface area contributed by atoms with Crippen molar-refractivity contribution in [1.29, 1.82) is 0 Å². The summed E-state index contributed by atoms with van der Waals surface area (Å²) in [5, 5.41) is 0. The standard InChI is InChI=1S/C43H50O6/c1-5-7-9-11-13-15-17-19-27-33-37(46-41(44)35-29-23-21-24-30-35)39-40(49-43(3,4)48-39)38(47-42(45)36-31-25-22-26-32-36)34-28-20-18-16-14-12-10-8-6-2/h21-26,29-32,37-40H,5-12,17-18,33-34H2,1-4H3/t37-,38-,39+,40+/m0/s1. The molecule has 0 bridgehead atoms. The zero-order chi connectivity index (χ0) is 35.2. The molecule has 1 fully saturated rings. The van der Waals surface area contributed by atoms with Crippen molar-refractivity contribution in [3.8, 4) is 47.4 Å². The molecular weight excluding hydrogens is 612 g/mol. The van der Waals surface area contributed by atoms with E-state index in [1.807, 2.05) is 12.1 Å². The number of unbranched alkanes of at least 4 members (excludes halogenated alkanes) is 6. The summed E-state index contributed by atoms with van der Waals surface area (Å²) in [7, 11) is 0. The van der Waals surface area contributed by atoms with E-state index in [4.69, 9.17) is 18.9 Å². The Hall–Kier alpha value is -4.46. The first-order chi connectivity index (χ1) is 23.8. The predicted molar refractivity (Wildman–Crippen MR) is 193 cm³/mol. The quantitative estimate of drug-likeness (QED) is 0.115. The lowest BCUT2D eigenvalue weighted by Gasteiger charge is -2.29. The van der Waals surface area contributed by atoms with Crippen LogP contribution in [0.25, 0.3) is 0 Å². The number of rotatable bonds is 14. The Morgan fingerprint density at radius 1 is 0.612 bits per heavy atom. The van der Waals surface area contributed by atoms with E-state index >= 15 is 0 Å². The van der Waals surface area contributed by atoms with Gasteiger partial charge < -0.3 is 18.9 Å². The third-order valence-electron chi connectivity index (χ3n) is 7.70. The topological polar surface area (TPSA) is 71.1 Å². The molecule has 0 N–H and O–H groups in total. The average molecular weight is 663 g/mol. The molecule has 3 rings (SSSR count). The fraction of sp³-hybridized carbons (Fsp3) is 0.488. The molecule has 2 aromatic carbocycles. The maximum absolute atomic E-state index is 13.3. The van der Waals surface area contributed by atoms with Crippen LogP contribution in [0.3, 0.4) is 0 Å². The maximum Gasteiger partial charge on any atom is 0.338 e. The van der Waals surface area contributed by atoms with Crippen LogP contribution in [0.15, 0.2) is 60.7 Å². The number of benzene rings is 2. The first kappa shape index (κ1) is 39.0. The molecule has 0 aliphatic carbocycles. The van der Waals surface area contributed by atoms with Gasteiger partial charge in [-0.3, -0.25) is 0 Å². The molecule has 2 aromatic rings. The Balaban J connectivity index is 1.87. The Labute approximate surface area is 294 Å². The molecule has 6 nitrogen and oxygen atoms in total. The molecule has 1 aliphatic rings. The molecule has 4 atom stereocenters. The Bertz CT molecular complexity index is 1430. The number of carbonyl (C=O) groups is 2. The van der Waals surface area contributed by atoms with Crippen LogP contribution < -0.4 is 0 Å². The van der Waals surface area contributed by atoms with Gasteiger partial charge >= 0.3 is 11.9 Å². The van der Waals surface area contributed by atoms with Crippen molar-refractivity contribution in [2.75, 3.05) is 0 Å². The highest BCUT2D eigenvalue weighted by Crippen LogP contribution is 2.36. The molecule has 0 spiro atoms. The van der Waals surface area contributed by atoms with Gasteiger partial charge in [-0.15, -0.1) is 11.8 Å². The summed E-state index contributed by atoms with van der Waals surface area (Å²) in [6.07, 6.45) is 6.43. The molecule has 1 heterocycles. The van der Waals surface area contributed by atoms with Gasteiger partial charge in [-0.2, -0.15) is 0 Å². The van der Waals surface area contributed by atoms with E-state index in [0.717, 1.165) is 51.4 Å². The molecule has 0 aromatic heterocycles. The summed E-state index contributed by atoms with van der Waals surface area (Å²) in [6, 6.07) is 17.5. The predicted octanol–water partition coefficient (Wildman–Crippen LogP) is 8.69. The van der Waals surface area contributed by atoms with Crippen molar-refractivity contribution in [3.05, 3.63) is 71.8 Å². The van der Waals surface area contributed by atoms with Gasteiger partial charge in [-0.1, -0.05) is 111 Å². The first-order valence-electron chi connectivity index (χ1n) is 17.5. The van der Waals surface area contributed by atoms with Crippen molar-refractivity contribution in [3.63, 3.8) is 0 Å². The summed E-state index contributed by atoms with van der Waals surface area (Å²) in [5.74, 6) is 23.0. The molecule has 0 unspecified atom stereocenters. The van der Waals surface area contributed by atoms with E-state index in [0.29, 0.717) is 24.0 Å². The fourth-order valence-corrected chi connectivity index (χ4v) is 5.19. The van der Waals surface area contributed by atoms with Gasteiger partial charge in [0, 0.05) is 25.7 Å². The van der Waals surface area contributed by atoms with Crippen LogP contribution >= 0.6 is 0 Å². The molecule has 0 saturated carbocycles. The monoisotopic (exact) mass is 662 g/mol. The average Bonchev–Trinajstić information content (AvgIpc) is 3.44. The molecular formula is C43H50O6. The fourth-order valence-electron chi connectivity index (χ4n) is 5.19. The molecule has 1 aliphatic heterocycles. The van der Waals surface area contributed by atoms with Gasteiger partial charge in [-0.05, 0) is 51.0 Å².